The topological polar surface area (TPSA) is 97.4 Å². The van der Waals surface area contributed by atoms with E-state index in [2.05, 4.69) is 15.6 Å². The van der Waals surface area contributed by atoms with Gasteiger partial charge in [0.2, 0.25) is 0 Å². The Kier molecular flexibility index (Phi) is 4.84. The van der Waals surface area contributed by atoms with Gasteiger partial charge in [-0.25, -0.2) is 18.2 Å². The quantitative estimate of drug-likeness (QED) is 0.781. The van der Waals surface area contributed by atoms with E-state index in [4.69, 9.17) is 16.3 Å². The molecule has 24 heavy (non-hydrogen) atoms. The standard InChI is InChI=1S/C14H16ClN3O4S2/c1-2-22-8-3-4-10-12(5-8)23-14(17-10)18-13(19)16-11-7-24(20,21)6-9(11)15/h3-5,9,11H,2,6-7H2,1H3,(H2,16,17,18,19). The van der Waals surface area contributed by atoms with Crippen molar-refractivity contribution in [1.29, 1.82) is 0 Å². The minimum Gasteiger partial charge on any atom is -0.494 e. The number of hydrogen-bond acceptors (Lipinski definition) is 6. The summed E-state index contributed by atoms with van der Waals surface area (Å²) in [6.07, 6.45) is 0. The predicted octanol–water partition coefficient (Wildman–Crippen LogP) is 2.22. The first kappa shape index (κ1) is 17.2. The van der Waals surface area contributed by atoms with Crippen molar-refractivity contribution in [2.45, 2.75) is 18.3 Å². The number of hydrogen-bond donors (Lipinski definition) is 2. The highest BCUT2D eigenvalue weighted by atomic mass is 35.5. The minimum atomic E-state index is -3.20. The van der Waals surface area contributed by atoms with E-state index in [0.29, 0.717) is 11.7 Å². The van der Waals surface area contributed by atoms with Crippen molar-refractivity contribution in [2.75, 3.05) is 23.4 Å². The number of carbonyl (C=O) groups excluding carboxylic acids is 1. The molecule has 1 aliphatic rings. The minimum absolute atomic E-state index is 0.124. The molecule has 1 aliphatic heterocycles. The summed E-state index contributed by atoms with van der Waals surface area (Å²) >= 11 is 7.28. The molecule has 1 aromatic carbocycles. The molecule has 2 atom stereocenters. The highest BCUT2D eigenvalue weighted by Gasteiger charge is 2.37. The second-order valence-electron chi connectivity index (χ2n) is 5.38. The van der Waals surface area contributed by atoms with Crippen LogP contribution in [0, 0.1) is 0 Å². The van der Waals surface area contributed by atoms with Gasteiger partial charge in [-0.2, -0.15) is 0 Å². The van der Waals surface area contributed by atoms with E-state index in [1.165, 1.54) is 11.3 Å². The van der Waals surface area contributed by atoms with E-state index >= 15 is 0 Å². The molecule has 0 spiro atoms. The Labute approximate surface area is 148 Å². The van der Waals surface area contributed by atoms with Gasteiger partial charge in [-0.15, -0.1) is 11.6 Å². The van der Waals surface area contributed by atoms with E-state index < -0.39 is 27.3 Å². The van der Waals surface area contributed by atoms with Crippen LogP contribution in [0.25, 0.3) is 10.2 Å². The molecule has 0 radical (unpaired) electrons. The predicted molar refractivity (Wildman–Crippen MR) is 95.0 cm³/mol. The highest BCUT2D eigenvalue weighted by Crippen LogP contribution is 2.29. The first-order valence-corrected chi connectivity index (χ1v) is 10.4. The van der Waals surface area contributed by atoms with Crippen molar-refractivity contribution in [2.24, 2.45) is 0 Å². The fourth-order valence-corrected chi connectivity index (χ4v) is 5.89. The number of thiazole rings is 1. The zero-order chi connectivity index (χ0) is 17.3. The normalized spacial score (nSPS) is 22.4. The lowest BCUT2D eigenvalue weighted by Gasteiger charge is -2.13. The van der Waals surface area contributed by atoms with E-state index in [1.54, 1.807) is 0 Å². The van der Waals surface area contributed by atoms with Crippen molar-refractivity contribution >= 4 is 54.2 Å². The molecule has 2 N–H and O–H groups in total. The number of alkyl halides is 1. The highest BCUT2D eigenvalue weighted by molar-refractivity contribution is 7.91. The van der Waals surface area contributed by atoms with Gasteiger partial charge >= 0.3 is 6.03 Å². The van der Waals surface area contributed by atoms with Gasteiger partial charge < -0.3 is 10.1 Å². The summed E-state index contributed by atoms with van der Waals surface area (Å²) in [5.41, 5.74) is 0.748. The second-order valence-corrected chi connectivity index (χ2v) is 9.12. The zero-order valence-corrected chi connectivity index (χ0v) is 15.2. The maximum atomic E-state index is 12.0. The molecule has 2 aromatic rings. The Balaban J connectivity index is 1.67. The van der Waals surface area contributed by atoms with Gasteiger partial charge in [0.1, 0.15) is 5.75 Å². The average Bonchev–Trinajstić information content (AvgIpc) is 2.98. The van der Waals surface area contributed by atoms with Gasteiger partial charge in [0, 0.05) is 0 Å². The lowest BCUT2D eigenvalue weighted by atomic mass is 10.2. The molecule has 3 rings (SSSR count). The lowest BCUT2D eigenvalue weighted by Crippen LogP contribution is -2.42. The Bertz CT molecular complexity index is 868. The maximum absolute atomic E-state index is 12.0. The molecule has 2 unspecified atom stereocenters. The van der Waals surface area contributed by atoms with Crippen molar-refractivity contribution in [3.63, 3.8) is 0 Å². The maximum Gasteiger partial charge on any atom is 0.321 e. The van der Waals surface area contributed by atoms with Crippen LogP contribution in [0.5, 0.6) is 5.75 Å². The molecule has 1 fully saturated rings. The van der Waals surface area contributed by atoms with Crippen LogP contribution in [0.15, 0.2) is 18.2 Å². The molecule has 0 aliphatic carbocycles. The summed E-state index contributed by atoms with van der Waals surface area (Å²) < 4.78 is 29.3. The van der Waals surface area contributed by atoms with Gasteiger partial charge in [0.25, 0.3) is 0 Å². The van der Waals surface area contributed by atoms with Crippen LogP contribution in [-0.2, 0) is 9.84 Å². The SMILES string of the molecule is CCOc1ccc2nc(NC(=O)NC3CS(=O)(=O)CC3Cl)sc2c1. The Morgan fingerprint density at radius 2 is 2.25 bits per heavy atom. The van der Waals surface area contributed by atoms with Crippen LogP contribution in [0.1, 0.15) is 6.92 Å². The summed E-state index contributed by atoms with van der Waals surface area (Å²) in [5, 5.41) is 5.01. The van der Waals surface area contributed by atoms with Gasteiger partial charge in [0.15, 0.2) is 15.0 Å². The molecule has 10 heteroatoms. The molecular weight excluding hydrogens is 374 g/mol. The van der Waals surface area contributed by atoms with Crippen molar-refractivity contribution in [3.05, 3.63) is 18.2 Å². The monoisotopic (exact) mass is 389 g/mol. The van der Waals surface area contributed by atoms with Crippen LogP contribution in [0.4, 0.5) is 9.93 Å². The number of fused-ring (bicyclic) bond motifs is 1. The molecule has 1 aromatic heterocycles. The first-order valence-electron chi connectivity index (χ1n) is 7.31. The van der Waals surface area contributed by atoms with Crippen molar-refractivity contribution in [3.8, 4) is 5.75 Å². The Morgan fingerprint density at radius 3 is 2.92 bits per heavy atom. The van der Waals surface area contributed by atoms with Crippen LogP contribution >= 0.6 is 22.9 Å². The molecule has 1 saturated heterocycles. The molecule has 2 heterocycles. The number of urea groups is 1. The number of aromatic nitrogens is 1. The number of halogens is 1. The number of benzene rings is 1. The third-order valence-electron chi connectivity index (χ3n) is 3.49. The third-order valence-corrected chi connectivity index (χ3v) is 6.80. The summed E-state index contributed by atoms with van der Waals surface area (Å²) in [7, 11) is -3.20. The van der Waals surface area contributed by atoms with Gasteiger partial charge in [0.05, 0.1) is 39.7 Å². The van der Waals surface area contributed by atoms with Crippen LogP contribution in [-0.4, -0.2) is 49.0 Å². The number of nitrogens with one attached hydrogen (secondary N) is 2. The van der Waals surface area contributed by atoms with Crippen LogP contribution in [0.2, 0.25) is 0 Å². The summed E-state index contributed by atoms with van der Waals surface area (Å²) in [6.45, 7) is 2.48. The Morgan fingerprint density at radius 1 is 1.46 bits per heavy atom. The average molecular weight is 390 g/mol. The number of ether oxygens (including phenoxy) is 1. The van der Waals surface area contributed by atoms with E-state index in [9.17, 15) is 13.2 Å². The molecular formula is C14H16ClN3O4S2. The molecule has 2 amide bonds. The Hall–Kier alpha value is -1.58. The number of rotatable bonds is 4. The molecule has 0 saturated carbocycles. The smallest absolute Gasteiger partial charge is 0.321 e. The zero-order valence-electron chi connectivity index (χ0n) is 12.8. The van der Waals surface area contributed by atoms with Crippen molar-refractivity contribution in [1.82, 2.24) is 10.3 Å². The summed E-state index contributed by atoms with van der Waals surface area (Å²) in [6, 6.07) is 4.37. The fourth-order valence-electron chi connectivity index (χ4n) is 2.45. The van der Waals surface area contributed by atoms with E-state index in [-0.39, 0.29) is 11.5 Å². The van der Waals surface area contributed by atoms with E-state index in [1.807, 2.05) is 25.1 Å². The largest absolute Gasteiger partial charge is 0.494 e. The van der Waals surface area contributed by atoms with Gasteiger partial charge in [-0.05, 0) is 25.1 Å². The molecule has 0 bridgehead atoms. The van der Waals surface area contributed by atoms with E-state index in [0.717, 1.165) is 16.0 Å². The number of amides is 2. The number of sulfone groups is 1. The second kappa shape index (κ2) is 6.73. The number of carbonyl (C=O) groups is 1. The first-order chi connectivity index (χ1) is 11.4. The lowest BCUT2D eigenvalue weighted by molar-refractivity contribution is 0.249. The summed E-state index contributed by atoms with van der Waals surface area (Å²) in [5.74, 6) is 0.471. The van der Waals surface area contributed by atoms with Crippen LogP contribution < -0.4 is 15.4 Å². The van der Waals surface area contributed by atoms with Crippen LogP contribution in [0.3, 0.4) is 0 Å². The van der Waals surface area contributed by atoms with Gasteiger partial charge in [-0.3, -0.25) is 5.32 Å². The molecule has 130 valence electrons. The fraction of sp³-hybridized carbons (Fsp3) is 0.429. The number of nitrogens with zero attached hydrogens (tertiary/aromatic N) is 1. The summed E-state index contributed by atoms with van der Waals surface area (Å²) in [4.78, 5) is 16.4. The molecule has 7 nitrogen and oxygen atoms in total. The van der Waals surface area contributed by atoms with Crippen molar-refractivity contribution < 1.29 is 17.9 Å². The van der Waals surface area contributed by atoms with Gasteiger partial charge in [-0.1, -0.05) is 11.3 Å². The number of anilines is 1. The third kappa shape index (κ3) is 3.90.